The number of nitrogens with zero attached hydrogens (tertiary/aromatic N) is 2. The number of rotatable bonds is 4. The molecule has 140 valence electrons. The Morgan fingerprint density at radius 3 is 2.52 bits per heavy atom. The Labute approximate surface area is 170 Å². The van der Waals surface area contributed by atoms with E-state index in [1.807, 2.05) is 0 Å². The zero-order chi connectivity index (χ0) is 18.8. The Morgan fingerprint density at radius 2 is 1.85 bits per heavy atom. The second-order valence-electron chi connectivity index (χ2n) is 6.83. The number of aryl methyl sites for hydroxylation is 2. The minimum absolute atomic E-state index is 0.174. The molecule has 3 heterocycles. The van der Waals surface area contributed by atoms with E-state index >= 15 is 0 Å². The number of fused-ring (bicyclic) bond motifs is 1. The van der Waals surface area contributed by atoms with Crippen molar-refractivity contribution in [2.45, 2.75) is 39.3 Å². The Balaban J connectivity index is 1.68. The van der Waals surface area contributed by atoms with Gasteiger partial charge in [-0.1, -0.05) is 38.1 Å². The van der Waals surface area contributed by atoms with Crippen LogP contribution in [0.25, 0.3) is 0 Å². The van der Waals surface area contributed by atoms with E-state index in [2.05, 4.69) is 82.7 Å². The summed E-state index contributed by atoms with van der Waals surface area (Å²) in [6, 6.07) is 15.4. The van der Waals surface area contributed by atoms with Crippen molar-refractivity contribution >= 4 is 34.4 Å². The molecule has 0 bridgehead atoms. The molecule has 0 radical (unpaired) electrons. The molecule has 27 heavy (non-hydrogen) atoms. The lowest BCUT2D eigenvalue weighted by Crippen LogP contribution is -2.44. The first-order chi connectivity index (χ1) is 13.2. The highest BCUT2D eigenvalue weighted by atomic mass is 32.1. The highest BCUT2D eigenvalue weighted by Gasteiger charge is 2.31. The van der Waals surface area contributed by atoms with Gasteiger partial charge in [0.25, 0.3) is 0 Å². The second kappa shape index (κ2) is 7.87. The first kappa shape index (κ1) is 18.3. The van der Waals surface area contributed by atoms with Crippen LogP contribution in [-0.4, -0.2) is 21.1 Å². The maximum absolute atomic E-state index is 5.94. The molecule has 3 nitrogen and oxygen atoms in total. The molecule has 2 aromatic heterocycles. The molecule has 1 aliphatic rings. The van der Waals surface area contributed by atoms with Gasteiger partial charge in [0.1, 0.15) is 6.04 Å². The fraction of sp³-hybridized carbons (Fsp3) is 0.318. The van der Waals surface area contributed by atoms with Crippen LogP contribution >= 0.6 is 23.6 Å². The van der Waals surface area contributed by atoms with Crippen molar-refractivity contribution in [1.29, 1.82) is 0 Å². The van der Waals surface area contributed by atoms with Gasteiger partial charge in [0.05, 0.1) is 0 Å². The van der Waals surface area contributed by atoms with Crippen LogP contribution in [0.15, 0.2) is 54.0 Å². The molecule has 1 atom stereocenters. The van der Waals surface area contributed by atoms with Gasteiger partial charge in [-0.3, -0.25) is 0 Å². The minimum Gasteiger partial charge on any atom is -0.347 e. The zero-order valence-electron chi connectivity index (χ0n) is 15.8. The molecule has 0 spiro atoms. The van der Waals surface area contributed by atoms with Crippen molar-refractivity contribution in [2.24, 2.45) is 0 Å². The first-order valence-electron chi connectivity index (χ1n) is 9.59. The SMILES string of the molecule is CCc1cccc(CC)c1NC(=S)N1CCn2cccc2C1c1cccs1. The predicted octanol–water partition coefficient (Wildman–Crippen LogP) is 5.48. The highest BCUT2D eigenvalue weighted by molar-refractivity contribution is 7.80. The summed E-state index contributed by atoms with van der Waals surface area (Å²) in [6.07, 6.45) is 4.16. The van der Waals surface area contributed by atoms with Crippen LogP contribution in [0.1, 0.15) is 41.6 Å². The molecule has 0 saturated heterocycles. The van der Waals surface area contributed by atoms with E-state index in [1.165, 1.54) is 27.4 Å². The summed E-state index contributed by atoms with van der Waals surface area (Å²) in [4.78, 5) is 3.68. The van der Waals surface area contributed by atoms with Gasteiger partial charge >= 0.3 is 0 Å². The van der Waals surface area contributed by atoms with Crippen molar-refractivity contribution in [3.8, 4) is 0 Å². The lowest BCUT2D eigenvalue weighted by atomic mass is 10.0. The van der Waals surface area contributed by atoms with Gasteiger partial charge < -0.3 is 14.8 Å². The van der Waals surface area contributed by atoms with E-state index in [9.17, 15) is 0 Å². The number of anilines is 1. The Kier molecular flexibility index (Phi) is 5.32. The fourth-order valence-corrected chi connectivity index (χ4v) is 5.08. The molecule has 4 rings (SSSR count). The third-order valence-electron chi connectivity index (χ3n) is 5.34. The van der Waals surface area contributed by atoms with Crippen molar-refractivity contribution in [3.05, 3.63) is 75.7 Å². The fourth-order valence-electron chi connectivity index (χ4n) is 3.93. The summed E-state index contributed by atoms with van der Waals surface area (Å²) in [7, 11) is 0. The number of aromatic nitrogens is 1. The summed E-state index contributed by atoms with van der Waals surface area (Å²) < 4.78 is 2.35. The highest BCUT2D eigenvalue weighted by Crippen LogP contribution is 2.35. The second-order valence-corrected chi connectivity index (χ2v) is 8.19. The number of nitrogens with one attached hydrogen (secondary N) is 1. The van der Waals surface area contributed by atoms with Gasteiger partial charge in [-0.2, -0.15) is 0 Å². The van der Waals surface area contributed by atoms with Crippen LogP contribution in [0.4, 0.5) is 5.69 Å². The molecule has 0 fully saturated rings. The molecule has 1 N–H and O–H groups in total. The van der Waals surface area contributed by atoms with Crippen LogP contribution in [-0.2, 0) is 19.4 Å². The Bertz CT molecular complexity index is 905. The van der Waals surface area contributed by atoms with E-state index in [0.717, 1.165) is 31.0 Å². The monoisotopic (exact) mass is 395 g/mol. The minimum atomic E-state index is 0.174. The maximum atomic E-state index is 5.94. The topological polar surface area (TPSA) is 20.2 Å². The van der Waals surface area contributed by atoms with Crippen molar-refractivity contribution in [2.75, 3.05) is 11.9 Å². The van der Waals surface area contributed by atoms with Crippen LogP contribution in [0, 0.1) is 0 Å². The molecule has 0 aliphatic carbocycles. The molecule has 0 saturated carbocycles. The van der Waals surface area contributed by atoms with Crippen LogP contribution < -0.4 is 5.32 Å². The third kappa shape index (κ3) is 3.42. The van der Waals surface area contributed by atoms with Crippen molar-refractivity contribution in [1.82, 2.24) is 9.47 Å². The van der Waals surface area contributed by atoms with E-state index < -0.39 is 0 Å². The number of hydrogen-bond donors (Lipinski definition) is 1. The van der Waals surface area contributed by atoms with E-state index in [-0.39, 0.29) is 6.04 Å². The number of hydrogen-bond acceptors (Lipinski definition) is 2. The van der Waals surface area contributed by atoms with Gasteiger partial charge in [0.2, 0.25) is 0 Å². The molecular weight excluding hydrogens is 370 g/mol. The number of para-hydroxylation sites is 1. The Hall–Kier alpha value is -2.11. The lowest BCUT2D eigenvalue weighted by molar-refractivity contribution is 0.297. The first-order valence-corrected chi connectivity index (χ1v) is 10.9. The molecule has 1 aliphatic heterocycles. The van der Waals surface area contributed by atoms with E-state index in [1.54, 1.807) is 11.3 Å². The van der Waals surface area contributed by atoms with E-state index in [4.69, 9.17) is 12.2 Å². The van der Waals surface area contributed by atoms with Crippen LogP contribution in [0.3, 0.4) is 0 Å². The molecule has 5 heteroatoms. The number of thiocarbonyl (C=S) groups is 1. The molecule has 3 aromatic rings. The van der Waals surface area contributed by atoms with Gasteiger partial charge in [0.15, 0.2) is 5.11 Å². The Morgan fingerprint density at radius 1 is 1.07 bits per heavy atom. The maximum Gasteiger partial charge on any atom is 0.174 e. The van der Waals surface area contributed by atoms with Gasteiger partial charge in [0, 0.05) is 35.5 Å². The molecule has 0 amide bonds. The normalized spacial score (nSPS) is 16.2. The van der Waals surface area contributed by atoms with Gasteiger partial charge in [-0.05, 0) is 59.8 Å². The smallest absolute Gasteiger partial charge is 0.174 e. The van der Waals surface area contributed by atoms with Crippen LogP contribution in [0.2, 0.25) is 0 Å². The number of benzene rings is 1. The predicted molar refractivity (Wildman–Crippen MR) is 119 cm³/mol. The zero-order valence-corrected chi connectivity index (χ0v) is 17.4. The van der Waals surface area contributed by atoms with E-state index in [0.29, 0.717) is 0 Å². The van der Waals surface area contributed by atoms with Gasteiger partial charge in [-0.15, -0.1) is 11.3 Å². The molecule has 1 unspecified atom stereocenters. The summed E-state index contributed by atoms with van der Waals surface area (Å²) in [5, 5.41) is 6.58. The number of thiophene rings is 1. The average molecular weight is 396 g/mol. The van der Waals surface area contributed by atoms with Crippen molar-refractivity contribution < 1.29 is 0 Å². The average Bonchev–Trinajstić information content (AvgIpc) is 3.38. The molecular formula is C22H25N3S2. The summed E-state index contributed by atoms with van der Waals surface area (Å²) in [6.45, 7) is 6.27. The third-order valence-corrected chi connectivity index (χ3v) is 6.60. The largest absolute Gasteiger partial charge is 0.347 e. The summed E-state index contributed by atoms with van der Waals surface area (Å²) in [5.41, 5.74) is 5.15. The lowest BCUT2D eigenvalue weighted by Gasteiger charge is -2.38. The summed E-state index contributed by atoms with van der Waals surface area (Å²) >= 11 is 7.73. The quantitative estimate of drug-likeness (QED) is 0.591. The molecule has 1 aromatic carbocycles. The standard InChI is InChI=1S/C22H25N3S2/c1-3-16-8-5-9-17(4-2)20(16)23-22(26)25-14-13-24-12-6-10-18(24)21(25)19-11-7-15-27-19/h5-12,15,21H,3-4,13-14H2,1-2H3,(H,23,26). The summed E-state index contributed by atoms with van der Waals surface area (Å²) in [5.74, 6) is 0. The van der Waals surface area contributed by atoms with Crippen LogP contribution in [0.5, 0.6) is 0 Å². The van der Waals surface area contributed by atoms with Gasteiger partial charge in [-0.25, -0.2) is 0 Å². The van der Waals surface area contributed by atoms with Crippen molar-refractivity contribution in [3.63, 3.8) is 0 Å².